The summed E-state index contributed by atoms with van der Waals surface area (Å²) in [7, 11) is 0. The molecule has 1 aromatic heterocycles. The number of aromatic nitrogens is 1. The first-order valence-corrected chi connectivity index (χ1v) is 12.7. The van der Waals surface area contributed by atoms with Gasteiger partial charge in [-0.3, -0.25) is 14.4 Å². The Morgan fingerprint density at radius 1 is 0.919 bits per heavy atom. The summed E-state index contributed by atoms with van der Waals surface area (Å²) in [6.45, 7) is 7.78. The Morgan fingerprint density at radius 2 is 1.62 bits per heavy atom. The van der Waals surface area contributed by atoms with Gasteiger partial charge in [0.1, 0.15) is 12.4 Å². The Balaban J connectivity index is 1.69. The van der Waals surface area contributed by atoms with Gasteiger partial charge in [-0.15, -0.1) is 0 Å². The van der Waals surface area contributed by atoms with Gasteiger partial charge in [0.2, 0.25) is 0 Å². The number of H-pyrrole nitrogens is 1. The number of carbonyl (C=O) groups is 2. The number of nitrogens with one attached hydrogen (secondary N) is 1. The zero-order chi connectivity index (χ0) is 26.3. The average Bonchev–Trinajstić information content (AvgIpc) is 2.84. The van der Waals surface area contributed by atoms with Crippen molar-refractivity contribution in [2.24, 2.45) is 11.8 Å². The summed E-state index contributed by atoms with van der Waals surface area (Å²) in [5.41, 5.74) is 1.55. The van der Waals surface area contributed by atoms with Gasteiger partial charge >= 0.3 is 11.9 Å². The average molecular weight is 502 g/mol. The largest absolute Gasteiger partial charge is 0.489 e. The molecule has 1 aliphatic heterocycles. The summed E-state index contributed by atoms with van der Waals surface area (Å²) in [5.74, 6) is -0.0868. The van der Waals surface area contributed by atoms with E-state index in [0.717, 1.165) is 10.8 Å². The van der Waals surface area contributed by atoms with E-state index in [1.807, 2.05) is 64.1 Å². The highest BCUT2D eigenvalue weighted by atomic mass is 16.6. The van der Waals surface area contributed by atoms with E-state index in [-0.39, 0.29) is 42.7 Å². The molecule has 2 unspecified atom stereocenters. The second-order valence-corrected chi connectivity index (χ2v) is 10.5. The number of hydrogen-bond acceptors (Lipinski definition) is 6. The van der Waals surface area contributed by atoms with E-state index in [1.165, 1.54) is 0 Å². The van der Waals surface area contributed by atoms with Crippen molar-refractivity contribution < 1.29 is 23.8 Å². The van der Waals surface area contributed by atoms with Crippen LogP contribution in [0.2, 0.25) is 0 Å². The molecule has 0 saturated carbocycles. The molecule has 2 atom stereocenters. The first-order chi connectivity index (χ1) is 17.7. The standard InChI is InChI=1S/C30H31NO6/c1-16(2)13-24(32)36-23-15-35-22-12-10-20-28(27(22)30(23)37-25(33)14-17(3)4)31-21-11-9-18-7-5-6-8-19(18)26(21)29(20)34/h5-12,16-17,23,30H,13-15H2,1-4H3,(H,31,34). The maximum Gasteiger partial charge on any atom is 0.306 e. The zero-order valence-corrected chi connectivity index (χ0v) is 21.5. The molecule has 37 heavy (non-hydrogen) atoms. The number of benzene rings is 3. The maximum atomic E-state index is 13.8. The summed E-state index contributed by atoms with van der Waals surface area (Å²) in [5, 5.41) is 2.87. The molecule has 0 bridgehead atoms. The van der Waals surface area contributed by atoms with Crippen LogP contribution in [0.25, 0.3) is 32.6 Å². The second-order valence-electron chi connectivity index (χ2n) is 10.5. The number of carbonyl (C=O) groups excluding carboxylic acids is 2. The molecule has 0 fully saturated rings. The SMILES string of the molecule is CC(C)CC(=O)OC1COc2ccc3c(=O)c4c(ccc5ccccc54)[nH]c3c2C1OC(=O)CC(C)C. The lowest BCUT2D eigenvalue weighted by atomic mass is 9.95. The highest BCUT2D eigenvalue weighted by molar-refractivity contribution is 6.09. The minimum Gasteiger partial charge on any atom is -0.489 e. The van der Waals surface area contributed by atoms with Gasteiger partial charge in [0, 0.05) is 18.2 Å². The molecule has 4 aromatic rings. The summed E-state index contributed by atoms with van der Waals surface area (Å²) < 4.78 is 17.7. The lowest BCUT2D eigenvalue weighted by Crippen LogP contribution is -2.38. The second kappa shape index (κ2) is 9.88. The third kappa shape index (κ3) is 4.78. The molecular weight excluding hydrogens is 470 g/mol. The molecule has 7 nitrogen and oxygen atoms in total. The summed E-state index contributed by atoms with van der Waals surface area (Å²) in [6.07, 6.45) is -1.30. The van der Waals surface area contributed by atoms with Crippen molar-refractivity contribution in [1.29, 1.82) is 0 Å². The number of esters is 2. The predicted octanol–water partition coefficient (Wildman–Crippen LogP) is 5.82. The molecule has 3 aromatic carbocycles. The lowest BCUT2D eigenvalue weighted by Gasteiger charge is -2.33. The van der Waals surface area contributed by atoms with Crippen LogP contribution in [0.4, 0.5) is 0 Å². The number of hydrogen-bond donors (Lipinski definition) is 1. The third-order valence-corrected chi connectivity index (χ3v) is 6.58. The van der Waals surface area contributed by atoms with Crippen LogP contribution in [0.15, 0.2) is 53.3 Å². The molecule has 1 N–H and O–H groups in total. The van der Waals surface area contributed by atoms with Gasteiger partial charge in [0.25, 0.3) is 0 Å². The van der Waals surface area contributed by atoms with Crippen LogP contribution in [-0.2, 0) is 19.1 Å². The van der Waals surface area contributed by atoms with Crippen LogP contribution in [0.3, 0.4) is 0 Å². The molecule has 0 aliphatic carbocycles. The molecular formula is C30H31NO6. The van der Waals surface area contributed by atoms with E-state index in [2.05, 4.69) is 4.98 Å². The molecule has 2 heterocycles. The van der Waals surface area contributed by atoms with Crippen LogP contribution in [0.1, 0.15) is 52.2 Å². The molecule has 1 aliphatic rings. The normalized spacial score (nSPS) is 17.2. The fraction of sp³-hybridized carbons (Fsp3) is 0.367. The Labute approximate surface area is 214 Å². The van der Waals surface area contributed by atoms with Gasteiger partial charge in [0.15, 0.2) is 17.6 Å². The van der Waals surface area contributed by atoms with E-state index < -0.39 is 18.2 Å². The molecule has 0 amide bonds. The monoisotopic (exact) mass is 501 g/mol. The van der Waals surface area contributed by atoms with E-state index >= 15 is 0 Å². The van der Waals surface area contributed by atoms with Crippen LogP contribution in [0, 0.1) is 11.8 Å². The minimum absolute atomic E-state index is 0.0460. The first kappa shape index (κ1) is 24.8. The van der Waals surface area contributed by atoms with Crippen molar-refractivity contribution in [3.8, 4) is 5.75 Å². The van der Waals surface area contributed by atoms with E-state index in [1.54, 1.807) is 12.1 Å². The van der Waals surface area contributed by atoms with Crippen molar-refractivity contribution in [2.75, 3.05) is 6.61 Å². The van der Waals surface area contributed by atoms with E-state index in [0.29, 0.717) is 33.1 Å². The summed E-state index contributed by atoms with van der Waals surface area (Å²) >= 11 is 0. The lowest BCUT2D eigenvalue weighted by molar-refractivity contribution is -0.174. The van der Waals surface area contributed by atoms with Gasteiger partial charge in [-0.05, 0) is 40.8 Å². The molecule has 7 heteroatoms. The smallest absolute Gasteiger partial charge is 0.306 e. The molecule has 192 valence electrons. The van der Waals surface area contributed by atoms with E-state index in [4.69, 9.17) is 14.2 Å². The highest BCUT2D eigenvalue weighted by Crippen LogP contribution is 2.41. The number of ether oxygens (including phenoxy) is 3. The van der Waals surface area contributed by atoms with Crippen LogP contribution < -0.4 is 10.2 Å². The third-order valence-electron chi connectivity index (χ3n) is 6.58. The Kier molecular flexibility index (Phi) is 6.63. The summed E-state index contributed by atoms with van der Waals surface area (Å²) in [6, 6.07) is 15.0. The van der Waals surface area contributed by atoms with Gasteiger partial charge in [0.05, 0.1) is 22.0 Å². The maximum absolute atomic E-state index is 13.8. The Bertz CT molecular complexity index is 1570. The topological polar surface area (TPSA) is 94.7 Å². The quantitative estimate of drug-likeness (QED) is 0.203. The van der Waals surface area contributed by atoms with Gasteiger partial charge in [-0.2, -0.15) is 0 Å². The zero-order valence-electron chi connectivity index (χ0n) is 21.5. The van der Waals surface area contributed by atoms with Crippen molar-refractivity contribution in [2.45, 2.75) is 52.7 Å². The van der Waals surface area contributed by atoms with Crippen molar-refractivity contribution in [3.63, 3.8) is 0 Å². The fourth-order valence-electron chi connectivity index (χ4n) is 4.97. The Morgan fingerprint density at radius 3 is 2.35 bits per heavy atom. The van der Waals surface area contributed by atoms with E-state index in [9.17, 15) is 14.4 Å². The number of fused-ring (bicyclic) bond motifs is 6. The number of rotatable bonds is 6. The van der Waals surface area contributed by atoms with Crippen LogP contribution >= 0.6 is 0 Å². The Hall–Kier alpha value is -3.87. The van der Waals surface area contributed by atoms with Crippen LogP contribution in [0.5, 0.6) is 5.75 Å². The van der Waals surface area contributed by atoms with Crippen molar-refractivity contribution in [1.82, 2.24) is 4.98 Å². The predicted molar refractivity (Wildman–Crippen MR) is 143 cm³/mol. The molecule has 0 saturated heterocycles. The summed E-state index contributed by atoms with van der Waals surface area (Å²) in [4.78, 5) is 42.6. The fourth-order valence-corrected chi connectivity index (χ4v) is 4.97. The molecule has 5 rings (SSSR count). The molecule has 0 radical (unpaired) electrons. The molecule has 0 spiro atoms. The van der Waals surface area contributed by atoms with Crippen molar-refractivity contribution >= 4 is 44.5 Å². The van der Waals surface area contributed by atoms with Gasteiger partial charge in [-0.25, -0.2) is 0 Å². The minimum atomic E-state index is -0.914. The van der Waals surface area contributed by atoms with Crippen LogP contribution in [-0.4, -0.2) is 29.6 Å². The first-order valence-electron chi connectivity index (χ1n) is 12.7. The number of aromatic amines is 1. The highest BCUT2D eigenvalue weighted by Gasteiger charge is 2.39. The number of pyridine rings is 1. The van der Waals surface area contributed by atoms with Gasteiger partial charge in [-0.1, -0.05) is 58.0 Å². The van der Waals surface area contributed by atoms with Gasteiger partial charge < -0.3 is 19.2 Å². The van der Waals surface area contributed by atoms with Crippen molar-refractivity contribution in [3.05, 3.63) is 64.3 Å².